The Hall–Kier alpha value is -0.520. The summed E-state index contributed by atoms with van der Waals surface area (Å²) in [5, 5.41) is 0. The number of hydrogen-bond acceptors (Lipinski definition) is 2. The maximum atomic E-state index is 3.30. The van der Waals surface area contributed by atoms with E-state index in [1.54, 1.807) is 0 Å². The lowest BCUT2D eigenvalue weighted by Crippen LogP contribution is -2.38. The lowest BCUT2D eigenvalue weighted by molar-refractivity contribution is 0.151. The molecule has 0 aliphatic carbocycles. The van der Waals surface area contributed by atoms with Crippen LogP contribution in [-0.2, 0) is 0 Å². The van der Waals surface area contributed by atoms with Crippen molar-refractivity contribution in [1.82, 2.24) is 9.80 Å². The smallest absolute Gasteiger partial charge is 0.0217 e. The Labute approximate surface area is 134 Å². The van der Waals surface area contributed by atoms with Crippen molar-refractivity contribution < 1.29 is 0 Å². The third-order valence-electron chi connectivity index (χ3n) is 3.90. The number of rotatable bonds is 6. The monoisotopic (exact) mass is 294 g/mol. The van der Waals surface area contributed by atoms with Gasteiger partial charge in [-0.1, -0.05) is 35.1 Å². The third-order valence-corrected chi connectivity index (χ3v) is 3.90. The van der Waals surface area contributed by atoms with E-state index in [4.69, 9.17) is 0 Å². The van der Waals surface area contributed by atoms with E-state index in [-0.39, 0.29) is 7.43 Å². The van der Waals surface area contributed by atoms with Gasteiger partial charge in [-0.25, -0.2) is 0 Å². The predicted octanol–water partition coefficient (Wildman–Crippen LogP) is 3.97. The van der Waals surface area contributed by atoms with E-state index in [9.17, 15) is 0 Å². The molecule has 1 fully saturated rings. The summed E-state index contributed by atoms with van der Waals surface area (Å²) < 4.78 is 0. The minimum Gasteiger partial charge on any atom is -0.306 e. The van der Waals surface area contributed by atoms with Gasteiger partial charge in [0.1, 0.15) is 0 Å². The van der Waals surface area contributed by atoms with Crippen LogP contribution >= 0.6 is 0 Å². The molecule has 2 heteroatoms. The van der Waals surface area contributed by atoms with E-state index in [0.29, 0.717) is 5.92 Å². The standard InChI is InChI=1S/C18H34N2.CH4/c1-16(2)8-6-7-11-20-12-9-18(10-13-20)15-19(5)14-17(3)4;/h16-18H,7,9-15H2,1-5H3;1H4. The van der Waals surface area contributed by atoms with Gasteiger partial charge >= 0.3 is 0 Å². The zero-order chi connectivity index (χ0) is 15.0. The molecular formula is C19H38N2. The number of nitrogens with zero attached hydrogens (tertiary/aromatic N) is 2. The minimum atomic E-state index is 0. The van der Waals surface area contributed by atoms with Gasteiger partial charge in [-0.05, 0) is 44.8 Å². The predicted molar refractivity (Wildman–Crippen MR) is 95.5 cm³/mol. The summed E-state index contributed by atoms with van der Waals surface area (Å²) in [7, 11) is 2.27. The minimum absolute atomic E-state index is 0. The summed E-state index contributed by atoms with van der Waals surface area (Å²) in [5.74, 6) is 8.74. The topological polar surface area (TPSA) is 6.48 Å². The zero-order valence-electron chi connectivity index (χ0n) is 14.3. The Morgan fingerprint density at radius 1 is 1.14 bits per heavy atom. The summed E-state index contributed by atoms with van der Waals surface area (Å²) >= 11 is 0. The van der Waals surface area contributed by atoms with E-state index in [2.05, 4.69) is 56.4 Å². The van der Waals surface area contributed by atoms with Gasteiger partial charge in [0.05, 0.1) is 0 Å². The largest absolute Gasteiger partial charge is 0.306 e. The summed E-state index contributed by atoms with van der Waals surface area (Å²) in [6.07, 6.45) is 3.76. The molecule has 21 heavy (non-hydrogen) atoms. The molecule has 2 nitrogen and oxygen atoms in total. The molecule has 1 aliphatic rings. The summed E-state index contributed by atoms with van der Waals surface area (Å²) in [5.41, 5.74) is 0. The van der Waals surface area contributed by atoms with Gasteiger partial charge in [0, 0.05) is 32.0 Å². The molecule has 0 N–H and O–H groups in total. The van der Waals surface area contributed by atoms with Crippen LogP contribution in [0.5, 0.6) is 0 Å². The van der Waals surface area contributed by atoms with Crippen LogP contribution in [0.3, 0.4) is 0 Å². The molecule has 0 radical (unpaired) electrons. The Balaban J connectivity index is 0.00000400. The molecule has 0 spiro atoms. The van der Waals surface area contributed by atoms with Gasteiger partial charge in [-0.2, -0.15) is 0 Å². The van der Waals surface area contributed by atoms with Crippen LogP contribution in [0.2, 0.25) is 0 Å². The lowest BCUT2D eigenvalue weighted by atomic mass is 9.96. The molecule has 1 saturated heterocycles. The molecule has 0 unspecified atom stereocenters. The van der Waals surface area contributed by atoms with Crippen LogP contribution in [0.1, 0.15) is 54.4 Å². The number of piperidine rings is 1. The van der Waals surface area contributed by atoms with Crippen molar-refractivity contribution in [1.29, 1.82) is 0 Å². The number of hydrogen-bond donors (Lipinski definition) is 0. The Kier molecular flexibility index (Phi) is 10.8. The molecule has 0 aromatic rings. The van der Waals surface area contributed by atoms with E-state index < -0.39 is 0 Å². The fraction of sp³-hybridized carbons (Fsp3) is 0.895. The van der Waals surface area contributed by atoms with Gasteiger partial charge in [0.15, 0.2) is 0 Å². The zero-order valence-corrected chi connectivity index (χ0v) is 14.3. The fourth-order valence-corrected chi connectivity index (χ4v) is 3.02. The lowest BCUT2D eigenvalue weighted by Gasteiger charge is -2.34. The third kappa shape index (κ3) is 9.93. The van der Waals surface area contributed by atoms with Crippen LogP contribution in [0.4, 0.5) is 0 Å². The Morgan fingerprint density at radius 3 is 2.29 bits per heavy atom. The summed E-state index contributed by atoms with van der Waals surface area (Å²) in [6, 6.07) is 0. The van der Waals surface area contributed by atoms with Gasteiger partial charge in [0.25, 0.3) is 0 Å². The van der Waals surface area contributed by atoms with Crippen LogP contribution < -0.4 is 0 Å². The molecule has 124 valence electrons. The molecule has 0 saturated carbocycles. The molecule has 0 amide bonds. The van der Waals surface area contributed by atoms with Crippen molar-refractivity contribution in [3.63, 3.8) is 0 Å². The molecule has 1 rings (SSSR count). The first-order valence-corrected chi connectivity index (χ1v) is 8.36. The van der Waals surface area contributed by atoms with Crippen molar-refractivity contribution >= 4 is 0 Å². The average Bonchev–Trinajstić information content (AvgIpc) is 2.35. The van der Waals surface area contributed by atoms with Crippen LogP contribution in [0.15, 0.2) is 0 Å². The molecule has 1 aliphatic heterocycles. The van der Waals surface area contributed by atoms with E-state index in [1.165, 1.54) is 39.0 Å². The second-order valence-electron chi connectivity index (χ2n) is 7.13. The van der Waals surface area contributed by atoms with Crippen molar-refractivity contribution in [3.8, 4) is 11.8 Å². The number of likely N-dealkylation sites (tertiary alicyclic amines) is 1. The molecule has 0 aromatic heterocycles. The molecule has 0 aromatic carbocycles. The van der Waals surface area contributed by atoms with E-state index in [1.807, 2.05) is 0 Å². The van der Waals surface area contributed by atoms with E-state index >= 15 is 0 Å². The first kappa shape index (κ1) is 20.5. The van der Waals surface area contributed by atoms with Crippen LogP contribution in [-0.4, -0.2) is 49.6 Å². The molecular weight excluding hydrogens is 256 g/mol. The summed E-state index contributed by atoms with van der Waals surface area (Å²) in [6.45, 7) is 15.1. The normalized spacial score (nSPS) is 17.0. The SMILES string of the molecule is C.CC(C)C#CCCN1CCC(CN(C)CC(C)C)CC1. The second-order valence-corrected chi connectivity index (χ2v) is 7.13. The average molecular weight is 295 g/mol. The van der Waals surface area contributed by atoms with Crippen molar-refractivity contribution in [2.75, 3.05) is 39.8 Å². The van der Waals surface area contributed by atoms with Gasteiger partial charge in [-0.3, -0.25) is 0 Å². The van der Waals surface area contributed by atoms with E-state index in [0.717, 1.165) is 24.8 Å². The van der Waals surface area contributed by atoms with Crippen molar-refractivity contribution in [2.24, 2.45) is 17.8 Å². The highest BCUT2D eigenvalue weighted by Crippen LogP contribution is 2.18. The maximum Gasteiger partial charge on any atom is 0.0217 e. The quantitative estimate of drug-likeness (QED) is 0.684. The fourth-order valence-electron chi connectivity index (χ4n) is 3.02. The molecule has 0 bridgehead atoms. The maximum absolute atomic E-state index is 3.30. The Bertz CT molecular complexity index is 303. The van der Waals surface area contributed by atoms with Crippen molar-refractivity contribution in [3.05, 3.63) is 0 Å². The first-order valence-electron chi connectivity index (χ1n) is 8.36. The highest BCUT2D eigenvalue weighted by atomic mass is 15.1. The van der Waals surface area contributed by atoms with Gasteiger partial charge in [0.2, 0.25) is 0 Å². The van der Waals surface area contributed by atoms with Crippen LogP contribution in [0, 0.1) is 29.6 Å². The highest BCUT2D eigenvalue weighted by molar-refractivity contribution is 5.01. The van der Waals surface area contributed by atoms with Crippen molar-refractivity contribution in [2.45, 2.75) is 54.4 Å². The second kappa shape index (κ2) is 11.1. The molecule has 1 heterocycles. The summed E-state index contributed by atoms with van der Waals surface area (Å²) in [4.78, 5) is 5.10. The van der Waals surface area contributed by atoms with Gasteiger partial charge in [-0.15, -0.1) is 11.8 Å². The Morgan fingerprint density at radius 2 is 1.76 bits per heavy atom. The molecule has 0 atom stereocenters. The first-order chi connectivity index (χ1) is 9.47. The van der Waals surface area contributed by atoms with Crippen LogP contribution in [0.25, 0.3) is 0 Å². The van der Waals surface area contributed by atoms with Gasteiger partial charge < -0.3 is 9.80 Å². The highest BCUT2D eigenvalue weighted by Gasteiger charge is 2.19.